The van der Waals surface area contributed by atoms with Crippen molar-refractivity contribution in [1.82, 2.24) is 19.4 Å². The lowest BCUT2D eigenvalue weighted by Crippen LogP contribution is -2.48. The van der Waals surface area contributed by atoms with E-state index in [-0.39, 0.29) is 5.91 Å². The van der Waals surface area contributed by atoms with Gasteiger partial charge in [0.15, 0.2) is 0 Å². The van der Waals surface area contributed by atoms with Crippen LogP contribution >= 0.6 is 0 Å². The lowest BCUT2D eigenvalue weighted by atomic mass is 10.2. The highest BCUT2D eigenvalue weighted by molar-refractivity contribution is 5.98. The van der Waals surface area contributed by atoms with Gasteiger partial charge in [-0.25, -0.2) is 0 Å². The molecule has 0 radical (unpaired) electrons. The van der Waals surface area contributed by atoms with Gasteiger partial charge in [-0.05, 0) is 29.8 Å². The van der Waals surface area contributed by atoms with Crippen LogP contribution in [0.4, 0.5) is 0 Å². The van der Waals surface area contributed by atoms with E-state index in [1.807, 2.05) is 59.2 Å². The first-order valence-electron chi connectivity index (χ1n) is 8.67. The quantitative estimate of drug-likeness (QED) is 0.739. The lowest BCUT2D eigenvalue weighted by Gasteiger charge is -2.34. The molecule has 0 spiro atoms. The summed E-state index contributed by atoms with van der Waals surface area (Å²) in [7, 11) is 1.97. The SMILES string of the molecule is Cn1c(C(=O)N2CCN(Cc3ccncc3)CC2)cc2ccccc21. The maximum Gasteiger partial charge on any atom is 0.270 e. The van der Waals surface area contributed by atoms with E-state index in [0.717, 1.165) is 49.3 Å². The molecule has 0 saturated carbocycles. The number of benzene rings is 1. The Kier molecular flexibility index (Phi) is 4.24. The fraction of sp³-hybridized carbons (Fsp3) is 0.300. The second kappa shape index (κ2) is 6.69. The molecule has 1 aliphatic heterocycles. The van der Waals surface area contributed by atoms with E-state index in [2.05, 4.69) is 22.0 Å². The lowest BCUT2D eigenvalue weighted by molar-refractivity contribution is 0.0619. The first kappa shape index (κ1) is 15.8. The van der Waals surface area contributed by atoms with Crippen molar-refractivity contribution in [1.29, 1.82) is 0 Å². The van der Waals surface area contributed by atoms with Crippen molar-refractivity contribution in [3.05, 3.63) is 66.1 Å². The van der Waals surface area contributed by atoms with E-state index in [9.17, 15) is 4.79 Å². The molecular weight excluding hydrogens is 312 g/mol. The third kappa shape index (κ3) is 3.15. The summed E-state index contributed by atoms with van der Waals surface area (Å²) in [5.41, 5.74) is 3.13. The Morgan fingerprint density at radius 2 is 1.76 bits per heavy atom. The van der Waals surface area contributed by atoms with Crippen LogP contribution in [0.3, 0.4) is 0 Å². The van der Waals surface area contributed by atoms with Gasteiger partial charge in [-0.2, -0.15) is 0 Å². The third-order valence-electron chi connectivity index (χ3n) is 4.99. The van der Waals surface area contributed by atoms with Crippen molar-refractivity contribution in [2.24, 2.45) is 7.05 Å². The van der Waals surface area contributed by atoms with E-state index in [1.165, 1.54) is 5.56 Å². The molecule has 25 heavy (non-hydrogen) atoms. The normalized spacial score (nSPS) is 15.6. The molecule has 3 aromatic rings. The number of piperazine rings is 1. The summed E-state index contributed by atoms with van der Waals surface area (Å²) in [6.07, 6.45) is 3.66. The number of hydrogen-bond acceptors (Lipinski definition) is 3. The van der Waals surface area contributed by atoms with Crippen LogP contribution in [-0.4, -0.2) is 51.4 Å². The van der Waals surface area contributed by atoms with Crippen LogP contribution in [0.15, 0.2) is 54.9 Å². The fourth-order valence-corrected chi connectivity index (χ4v) is 3.51. The van der Waals surface area contributed by atoms with Gasteiger partial charge in [-0.1, -0.05) is 18.2 Å². The fourth-order valence-electron chi connectivity index (χ4n) is 3.51. The van der Waals surface area contributed by atoms with Crippen molar-refractivity contribution in [3.8, 4) is 0 Å². The number of fused-ring (bicyclic) bond motifs is 1. The number of nitrogens with zero attached hydrogens (tertiary/aromatic N) is 4. The van der Waals surface area contributed by atoms with Crippen LogP contribution in [0, 0.1) is 0 Å². The number of carbonyl (C=O) groups is 1. The highest BCUT2D eigenvalue weighted by atomic mass is 16.2. The Hall–Kier alpha value is -2.66. The number of para-hydroxylation sites is 1. The van der Waals surface area contributed by atoms with Crippen LogP contribution in [-0.2, 0) is 13.6 Å². The number of aromatic nitrogens is 2. The van der Waals surface area contributed by atoms with Crippen LogP contribution in [0.2, 0.25) is 0 Å². The Bertz CT molecular complexity index is 879. The zero-order valence-electron chi connectivity index (χ0n) is 14.4. The summed E-state index contributed by atoms with van der Waals surface area (Å²) in [6, 6.07) is 14.2. The molecule has 4 rings (SSSR count). The predicted molar refractivity (Wildman–Crippen MR) is 98.3 cm³/mol. The van der Waals surface area contributed by atoms with Gasteiger partial charge < -0.3 is 9.47 Å². The molecule has 0 atom stereocenters. The van der Waals surface area contributed by atoms with Gasteiger partial charge in [0.05, 0.1) is 0 Å². The van der Waals surface area contributed by atoms with E-state index in [0.29, 0.717) is 0 Å². The molecule has 0 unspecified atom stereocenters. The van der Waals surface area contributed by atoms with E-state index >= 15 is 0 Å². The van der Waals surface area contributed by atoms with Gasteiger partial charge in [0.1, 0.15) is 5.69 Å². The zero-order valence-corrected chi connectivity index (χ0v) is 14.4. The van der Waals surface area contributed by atoms with Gasteiger partial charge in [0.25, 0.3) is 5.91 Å². The molecule has 1 aliphatic rings. The first-order chi connectivity index (χ1) is 12.2. The monoisotopic (exact) mass is 334 g/mol. The first-order valence-corrected chi connectivity index (χ1v) is 8.67. The molecule has 3 heterocycles. The Morgan fingerprint density at radius 1 is 1.04 bits per heavy atom. The predicted octanol–water partition coefficient (Wildman–Crippen LogP) is 2.53. The molecule has 1 saturated heterocycles. The number of pyridine rings is 1. The minimum absolute atomic E-state index is 0.127. The second-order valence-corrected chi connectivity index (χ2v) is 6.57. The molecule has 1 fully saturated rings. The average molecular weight is 334 g/mol. The minimum Gasteiger partial charge on any atom is -0.340 e. The van der Waals surface area contributed by atoms with E-state index < -0.39 is 0 Å². The minimum atomic E-state index is 0.127. The summed E-state index contributed by atoms with van der Waals surface area (Å²) in [4.78, 5) is 21.4. The topological polar surface area (TPSA) is 41.4 Å². The van der Waals surface area contributed by atoms with Crippen LogP contribution in [0.25, 0.3) is 10.9 Å². The van der Waals surface area contributed by atoms with Crippen molar-refractivity contribution in [3.63, 3.8) is 0 Å². The third-order valence-corrected chi connectivity index (χ3v) is 4.99. The van der Waals surface area contributed by atoms with E-state index in [4.69, 9.17) is 0 Å². The van der Waals surface area contributed by atoms with Crippen LogP contribution in [0.1, 0.15) is 16.1 Å². The smallest absolute Gasteiger partial charge is 0.270 e. The molecule has 1 amide bonds. The van der Waals surface area contributed by atoms with Crippen molar-refractivity contribution in [2.75, 3.05) is 26.2 Å². The van der Waals surface area contributed by atoms with Crippen molar-refractivity contribution >= 4 is 16.8 Å². The summed E-state index contributed by atoms with van der Waals surface area (Å²) in [5.74, 6) is 0.127. The standard InChI is InChI=1S/C20H22N4O/c1-22-18-5-3-2-4-17(18)14-19(22)20(25)24-12-10-23(11-13-24)15-16-6-8-21-9-7-16/h2-9,14H,10-13,15H2,1H3. The van der Waals surface area contributed by atoms with Gasteiger partial charge in [-0.15, -0.1) is 0 Å². The molecule has 5 heteroatoms. The Balaban J connectivity index is 1.43. The number of rotatable bonds is 3. The van der Waals surface area contributed by atoms with Crippen molar-refractivity contribution < 1.29 is 4.79 Å². The summed E-state index contributed by atoms with van der Waals surface area (Å²) in [5, 5.41) is 1.12. The molecule has 128 valence electrons. The van der Waals surface area contributed by atoms with Crippen LogP contribution < -0.4 is 0 Å². The molecule has 0 aliphatic carbocycles. The maximum atomic E-state index is 12.9. The van der Waals surface area contributed by atoms with Gasteiger partial charge in [0, 0.05) is 63.1 Å². The maximum absolute atomic E-state index is 12.9. The number of aryl methyl sites for hydroxylation is 1. The van der Waals surface area contributed by atoms with Gasteiger partial charge in [-0.3, -0.25) is 14.7 Å². The number of carbonyl (C=O) groups excluding carboxylic acids is 1. The van der Waals surface area contributed by atoms with Gasteiger partial charge >= 0.3 is 0 Å². The summed E-state index contributed by atoms with van der Waals surface area (Å²) < 4.78 is 2.00. The van der Waals surface area contributed by atoms with Gasteiger partial charge in [0.2, 0.25) is 0 Å². The molecule has 2 aromatic heterocycles. The van der Waals surface area contributed by atoms with E-state index in [1.54, 1.807) is 0 Å². The molecule has 0 bridgehead atoms. The average Bonchev–Trinajstić information content (AvgIpc) is 3.00. The number of amides is 1. The molecule has 1 aromatic carbocycles. The molecule has 0 N–H and O–H groups in total. The summed E-state index contributed by atoms with van der Waals surface area (Å²) >= 11 is 0. The molecule has 5 nitrogen and oxygen atoms in total. The largest absolute Gasteiger partial charge is 0.340 e. The second-order valence-electron chi connectivity index (χ2n) is 6.57. The highest BCUT2D eigenvalue weighted by Crippen LogP contribution is 2.20. The van der Waals surface area contributed by atoms with Crippen LogP contribution in [0.5, 0.6) is 0 Å². The Morgan fingerprint density at radius 3 is 2.48 bits per heavy atom. The summed E-state index contributed by atoms with van der Waals surface area (Å²) in [6.45, 7) is 4.26. The number of hydrogen-bond donors (Lipinski definition) is 0. The Labute approximate surface area is 147 Å². The molecular formula is C20H22N4O. The zero-order chi connectivity index (χ0) is 17.2. The van der Waals surface area contributed by atoms with Crippen molar-refractivity contribution in [2.45, 2.75) is 6.54 Å². The highest BCUT2D eigenvalue weighted by Gasteiger charge is 2.24.